The van der Waals surface area contributed by atoms with E-state index < -0.39 is 28.5 Å². The number of hydrogen-bond acceptors (Lipinski definition) is 4. The molecule has 0 aliphatic carbocycles. The molecule has 0 fully saturated rings. The number of fused-ring (bicyclic) bond motifs is 1. The van der Waals surface area contributed by atoms with Gasteiger partial charge in [0.05, 0.1) is 11.9 Å². The van der Waals surface area contributed by atoms with Gasteiger partial charge in [0.1, 0.15) is 12.6 Å². The highest BCUT2D eigenvalue weighted by molar-refractivity contribution is 7.92. The predicted octanol–water partition coefficient (Wildman–Crippen LogP) is 5.08. The minimum Gasteiger partial charge on any atom is -0.352 e. The lowest BCUT2D eigenvalue weighted by atomic mass is 10.0. The number of rotatable bonds is 11. The van der Waals surface area contributed by atoms with Crippen LogP contribution in [0.2, 0.25) is 0 Å². The van der Waals surface area contributed by atoms with Crippen molar-refractivity contribution in [2.24, 2.45) is 0 Å². The zero-order valence-corrected chi connectivity index (χ0v) is 24.8. The predicted molar refractivity (Wildman–Crippen MR) is 165 cm³/mol. The van der Waals surface area contributed by atoms with E-state index in [4.69, 9.17) is 0 Å². The van der Waals surface area contributed by atoms with Crippen LogP contribution in [0.5, 0.6) is 0 Å². The molecule has 0 spiro atoms. The Morgan fingerprint density at radius 2 is 1.46 bits per heavy atom. The van der Waals surface area contributed by atoms with Crippen molar-refractivity contribution in [2.45, 2.75) is 45.8 Å². The number of anilines is 1. The van der Waals surface area contributed by atoms with Crippen molar-refractivity contribution in [3.05, 3.63) is 114 Å². The van der Waals surface area contributed by atoms with E-state index in [0.717, 1.165) is 38.0 Å². The Kier molecular flexibility index (Phi) is 9.45. The van der Waals surface area contributed by atoms with E-state index >= 15 is 0 Å². The Labute approximate surface area is 242 Å². The summed E-state index contributed by atoms with van der Waals surface area (Å²) in [5.74, 6) is -0.759. The van der Waals surface area contributed by atoms with Gasteiger partial charge in [-0.2, -0.15) is 0 Å². The molecule has 1 N–H and O–H groups in total. The van der Waals surface area contributed by atoms with Gasteiger partial charge in [-0.05, 0) is 43.4 Å². The molecule has 0 radical (unpaired) electrons. The number of amides is 2. The van der Waals surface area contributed by atoms with Gasteiger partial charge < -0.3 is 10.2 Å². The minimum absolute atomic E-state index is 0.139. The number of carbonyl (C=O) groups excluding carboxylic acids is 2. The summed E-state index contributed by atoms with van der Waals surface area (Å²) < 4.78 is 27.4. The molecule has 0 aromatic heterocycles. The molecule has 214 valence electrons. The quantitative estimate of drug-likeness (QED) is 0.272. The van der Waals surface area contributed by atoms with Crippen molar-refractivity contribution < 1.29 is 18.0 Å². The highest BCUT2D eigenvalue weighted by atomic mass is 32.2. The lowest BCUT2D eigenvalue weighted by molar-refractivity contribution is -0.140. The highest BCUT2D eigenvalue weighted by Gasteiger charge is 2.33. The van der Waals surface area contributed by atoms with Gasteiger partial charge in [0, 0.05) is 24.4 Å². The molecular formula is C33H37N3O4S. The minimum atomic E-state index is -3.86. The number of sulfonamides is 1. The van der Waals surface area contributed by atoms with E-state index in [0.29, 0.717) is 5.69 Å². The number of benzene rings is 4. The van der Waals surface area contributed by atoms with E-state index in [2.05, 4.69) is 5.32 Å². The first-order valence-corrected chi connectivity index (χ1v) is 15.5. The molecule has 41 heavy (non-hydrogen) atoms. The van der Waals surface area contributed by atoms with Gasteiger partial charge in [0.2, 0.25) is 21.8 Å². The fraction of sp³-hybridized carbons (Fsp3) is 0.273. The molecule has 2 amide bonds. The fourth-order valence-electron chi connectivity index (χ4n) is 4.96. The lowest BCUT2D eigenvalue weighted by Crippen LogP contribution is -2.54. The smallest absolute Gasteiger partial charge is 0.244 e. The molecule has 4 aromatic carbocycles. The van der Waals surface area contributed by atoms with Crippen LogP contribution in [-0.4, -0.2) is 50.0 Å². The maximum absolute atomic E-state index is 14.3. The molecule has 0 aliphatic heterocycles. The van der Waals surface area contributed by atoms with Gasteiger partial charge in [-0.25, -0.2) is 8.42 Å². The maximum atomic E-state index is 14.3. The molecule has 4 rings (SSSR count). The summed E-state index contributed by atoms with van der Waals surface area (Å²) in [6.07, 6.45) is 1.38. The summed E-state index contributed by atoms with van der Waals surface area (Å²) in [4.78, 5) is 29.4. The standard InChI is InChI=1S/C33H37N3O4S/c1-24(2)34-33(38)31(21-26-13-6-5-7-14-26)35(22-27-15-10-12-25(3)20-27)32(37)23-36(41(4,39)40)30-19-11-17-28-16-8-9-18-29(28)30/h5-20,24,31H,21-23H2,1-4H3,(H,34,38)/t31-/m1/s1. The largest absolute Gasteiger partial charge is 0.352 e. The van der Waals surface area contributed by atoms with Crippen LogP contribution in [-0.2, 0) is 32.6 Å². The zero-order chi connectivity index (χ0) is 29.6. The summed E-state index contributed by atoms with van der Waals surface area (Å²) in [6, 6.07) is 29.1. The Hall–Kier alpha value is -4.17. The van der Waals surface area contributed by atoms with Crippen molar-refractivity contribution >= 4 is 38.3 Å². The number of nitrogens with one attached hydrogen (secondary N) is 1. The normalized spacial score (nSPS) is 12.2. The van der Waals surface area contributed by atoms with Crippen molar-refractivity contribution in [3.63, 3.8) is 0 Å². The highest BCUT2D eigenvalue weighted by Crippen LogP contribution is 2.29. The van der Waals surface area contributed by atoms with Crippen LogP contribution in [0, 0.1) is 6.92 Å². The Balaban J connectivity index is 1.78. The summed E-state index contributed by atoms with van der Waals surface area (Å²) in [6.45, 7) is 5.41. The second-order valence-corrected chi connectivity index (χ2v) is 12.6. The molecule has 7 nitrogen and oxygen atoms in total. The van der Waals surface area contributed by atoms with Gasteiger partial charge in [-0.15, -0.1) is 0 Å². The average Bonchev–Trinajstić information content (AvgIpc) is 2.93. The summed E-state index contributed by atoms with van der Waals surface area (Å²) in [7, 11) is -3.86. The summed E-state index contributed by atoms with van der Waals surface area (Å²) >= 11 is 0. The summed E-state index contributed by atoms with van der Waals surface area (Å²) in [5, 5.41) is 4.55. The van der Waals surface area contributed by atoms with E-state index in [9.17, 15) is 18.0 Å². The second kappa shape index (κ2) is 13.0. The van der Waals surface area contributed by atoms with E-state index in [1.807, 2.05) is 106 Å². The molecular weight excluding hydrogens is 534 g/mol. The molecule has 0 saturated heterocycles. The fourth-order valence-corrected chi connectivity index (χ4v) is 5.82. The zero-order valence-electron chi connectivity index (χ0n) is 23.9. The molecule has 0 heterocycles. The molecule has 4 aromatic rings. The summed E-state index contributed by atoms with van der Waals surface area (Å²) in [5.41, 5.74) is 3.19. The van der Waals surface area contributed by atoms with Gasteiger partial charge in [-0.1, -0.05) is 96.6 Å². The monoisotopic (exact) mass is 571 g/mol. The number of nitrogens with zero attached hydrogens (tertiary/aromatic N) is 2. The Bertz CT molecular complexity index is 1610. The van der Waals surface area contributed by atoms with Gasteiger partial charge in [0.25, 0.3) is 0 Å². The Morgan fingerprint density at radius 3 is 2.15 bits per heavy atom. The maximum Gasteiger partial charge on any atom is 0.244 e. The van der Waals surface area contributed by atoms with Gasteiger partial charge in [0.15, 0.2) is 0 Å². The van der Waals surface area contributed by atoms with Crippen LogP contribution in [0.3, 0.4) is 0 Å². The Morgan fingerprint density at radius 1 is 0.829 bits per heavy atom. The topological polar surface area (TPSA) is 86.8 Å². The molecule has 8 heteroatoms. The number of hydrogen-bond donors (Lipinski definition) is 1. The lowest BCUT2D eigenvalue weighted by Gasteiger charge is -2.34. The van der Waals surface area contributed by atoms with Crippen LogP contribution >= 0.6 is 0 Å². The van der Waals surface area contributed by atoms with E-state index in [-0.39, 0.29) is 24.9 Å². The van der Waals surface area contributed by atoms with Crippen LogP contribution in [0.4, 0.5) is 5.69 Å². The van der Waals surface area contributed by atoms with Gasteiger partial charge >= 0.3 is 0 Å². The van der Waals surface area contributed by atoms with Crippen molar-refractivity contribution in [1.82, 2.24) is 10.2 Å². The second-order valence-electron chi connectivity index (χ2n) is 10.6. The van der Waals surface area contributed by atoms with Crippen molar-refractivity contribution in [1.29, 1.82) is 0 Å². The van der Waals surface area contributed by atoms with Crippen molar-refractivity contribution in [2.75, 3.05) is 17.1 Å². The first-order chi connectivity index (χ1) is 19.5. The number of aryl methyl sites for hydroxylation is 1. The SMILES string of the molecule is Cc1cccc(CN(C(=O)CN(c2cccc3ccccc23)S(C)(=O)=O)[C@H](Cc2ccccc2)C(=O)NC(C)C)c1. The number of carbonyl (C=O) groups is 2. The molecule has 0 aliphatic rings. The third-order valence-electron chi connectivity index (χ3n) is 6.85. The molecule has 0 unspecified atom stereocenters. The van der Waals surface area contributed by atoms with Crippen LogP contribution in [0.15, 0.2) is 97.1 Å². The van der Waals surface area contributed by atoms with E-state index in [1.165, 1.54) is 4.90 Å². The van der Waals surface area contributed by atoms with Crippen LogP contribution in [0.1, 0.15) is 30.5 Å². The third kappa shape index (κ3) is 7.73. The molecule has 0 bridgehead atoms. The van der Waals surface area contributed by atoms with Crippen LogP contribution < -0.4 is 9.62 Å². The average molecular weight is 572 g/mol. The molecule has 1 atom stereocenters. The van der Waals surface area contributed by atoms with Crippen molar-refractivity contribution in [3.8, 4) is 0 Å². The van der Waals surface area contributed by atoms with Crippen LogP contribution in [0.25, 0.3) is 10.8 Å². The first-order valence-electron chi connectivity index (χ1n) is 13.7. The first kappa shape index (κ1) is 29.8. The third-order valence-corrected chi connectivity index (χ3v) is 7.98. The van der Waals surface area contributed by atoms with Gasteiger partial charge in [-0.3, -0.25) is 13.9 Å². The van der Waals surface area contributed by atoms with E-state index in [1.54, 1.807) is 12.1 Å². The molecule has 0 saturated carbocycles.